The lowest BCUT2D eigenvalue weighted by Crippen LogP contribution is -2.18. The third-order valence-corrected chi connectivity index (χ3v) is 23.4. The zero-order chi connectivity index (χ0) is 90.2. The van der Waals surface area contributed by atoms with Crippen molar-refractivity contribution in [1.29, 1.82) is 0 Å². The lowest BCUT2D eigenvalue weighted by molar-refractivity contribution is -0.139. The molecule has 0 aromatic heterocycles. The van der Waals surface area contributed by atoms with Gasteiger partial charge in [-0.25, -0.2) is 4.79 Å². The maximum Gasteiger partial charge on any atom is 0.341 e. The number of carbonyl (C=O) groups is 2. The summed E-state index contributed by atoms with van der Waals surface area (Å²) in [5.74, 6) is 5.91. The van der Waals surface area contributed by atoms with Gasteiger partial charge in [0.05, 0.1) is 39.6 Å². The average molecular weight is 1700 g/mol. The maximum atomic E-state index is 12.7. The number of ketones is 1. The molecular formula is C113H162O11. The molecule has 0 saturated carbocycles. The first kappa shape index (κ1) is 102. The molecule has 0 spiro atoms. The first-order chi connectivity index (χ1) is 56.9. The number of carbonyl (C=O) groups excluding carboxylic acids is 1. The lowest BCUT2D eigenvalue weighted by atomic mass is 9.79. The summed E-state index contributed by atoms with van der Waals surface area (Å²) in [6.07, 6.45) is 10.0. The van der Waals surface area contributed by atoms with Crippen molar-refractivity contribution in [2.45, 2.75) is 363 Å². The number of fused-ring (bicyclic) bond motifs is 16. The minimum Gasteiger partial charge on any atom is -0.493 e. The fourth-order valence-electron chi connectivity index (χ4n) is 16.3. The maximum absolute atomic E-state index is 12.7. The van der Waals surface area contributed by atoms with Gasteiger partial charge in [-0.2, -0.15) is 0 Å². The topological polar surface area (TPSA) is 128 Å². The number of carboxylic acid groups (broad SMARTS) is 1. The lowest BCUT2D eigenvalue weighted by Gasteiger charge is -2.29. The summed E-state index contributed by atoms with van der Waals surface area (Å²) in [7, 11) is 0. The smallest absolute Gasteiger partial charge is 0.341 e. The molecule has 0 fully saturated rings. The Morgan fingerprint density at radius 2 is 0.339 bits per heavy atom. The van der Waals surface area contributed by atoms with Gasteiger partial charge >= 0.3 is 5.97 Å². The van der Waals surface area contributed by atoms with Crippen LogP contribution in [0.25, 0.3) is 0 Å². The third-order valence-electron chi connectivity index (χ3n) is 23.4. The SMILES string of the molecule is C.C.CCCOc1c2cc(C(C)(C)C)cc1Cc1cc(C(C)(C)C)cc(c1OCCC)Cc1cc(C(C)(C)C)cc(c1OCC(=O)O)Cc1cc(C(C)(C)C)cc(c1OCCC)C2.CCCOc1c2cc(C(C)(C)C)cc1Cc1cc(C(C)(C)C)cc(c1OCCC)Cc1cc(C(C)(C)C)cc(c1OCC(C)=O)Cc1cc(C(C)(C)C)cc(c1OCCC)C2. The van der Waals surface area contributed by atoms with Gasteiger partial charge in [0, 0.05) is 51.4 Å². The molecule has 0 heterocycles. The van der Waals surface area contributed by atoms with E-state index in [4.69, 9.17) is 37.9 Å². The molecule has 0 radical (unpaired) electrons. The van der Waals surface area contributed by atoms with Gasteiger partial charge in [0.15, 0.2) is 12.4 Å². The van der Waals surface area contributed by atoms with E-state index < -0.39 is 12.6 Å². The van der Waals surface area contributed by atoms with Crippen LogP contribution < -0.4 is 37.9 Å². The van der Waals surface area contributed by atoms with E-state index in [-0.39, 0.29) is 70.6 Å². The van der Waals surface area contributed by atoms with Crippen molar-refractivity contribution in [2.24, 2.45) is 0 Å². The highest BCUT2D eigenvalue weighted by molar-refractivity contribution is 5.77. The number of hydrogen-bond acceptors (Lipinski definition) is 10. The molecule has 11 nitrogen and oxygen atoms in total. The number of hydrogen-bond donors (Lipinski definition) is 1. The summed E-state index contributed by atoms with van der Waals surface area (Å²) in [5.41, 5.74) is 26.3. The second-order valence-corrected chi connectivity index (χ2v) is 43.2. The van der Waals surface area contributed by atoms with E-state index in [1.165, 1.54) is 50.1 Å². The van der Waals surface area contributed by atoms with Gasteiger partial charge < -0.3 is 43.0 Å². The Kier molecular flexibility index (Phi) is 34.5. The summed E-state index contributed by atoms with van der Waals surface area (Å²) in [6.45, 7) is 72.4. The van der Waals surface area contributed by atoms with Crippen LogP contribution in [0.15, 0.2) is 97.1 Å². The molecule has 0 unspecified atom stereocenters. The molecule has 8 aromatic carbocycles. The van der Waals surface area contributed by atoms with E-state index in [1.807, 2.05) is 0 Å². The van der Waals surface area contributed by atoms with Gasteiger partial charge in [-0.1, -0.05) is 320 Å². The van der Waals surface area contributed by atoms with Crippen molar-refractivity contribution in [1.82, 2.24) is 0 Å². The summed E-state index contributed by atoms with van der Waals surface area (Å²) in [6, 6.07) is 37.4. The average Bonchev–Trinajstić information content (AvgIpc) is 0.760. The standard InChI is InChI=1S/C56H78O5.C55H76O6.2CH4/c1-17-20-58-49-37-23-39-29-46(54(8,9)10)31-41(50(39)59-21-18-2)25-43-33-48(56(14,15)16)34-44(52(43)61-35-36(4)57)26-42-32-47(55(11,12)13)30-40(51(42)60-22-19-3)24-38(49)28-45(27-37)53(5,6)7;1-16-19-58-48-35-22-37-28-44(53(7,8)9)30-39(49(37)59-20-17-2)24-41-32-46(55(13,14)15)33-42(51(41)61-34-47(56)57)25-40-31-45(54(10,11)12)29-38(50(40)60-21-18-3)23-36(48)27-43(26-35)52(4,5)6;;/h27-34H,17-26,35H2,1-16H3;26-33H,16-25,34H2,1-15H3,(H,56,57);2*1H4. The van der Waals surface area contributed by atoms with E-state index >= 15 is 0 Å². The van der Waals surface area contributed by atoms with Gasteiger partial charge in [0.2, 0.25) is 0 Å². The van der Waals surface area contributed by atoms with Gasteiger partial charge in [-0.05, 0) is 222 Å². The van der Waals surface area contributed by atoms with E-state index in [0.29, 0.717) is 96.8 Å². The highest BCUT2D eigenvalue weighted by atomic mass is 16.5. The van der Waals surface area contributed by atoms with Crippen molar-refractivity contribution in [3.8, 4) is 46.0 Å². The number of Topliss-reactive ketones (excluding diaryl/α,β-unsaturated/α-hetero) is 1. The van der Waals surface area contributed by atoms with Crippen LogP contribution >= 0.6 is 0 Å². The second-order valence-electron chi connectivity index (χ2n) is 43.2. The fourth-order valence-corrected chi connectivity index (χ4v) is 16.3. The first-order valence-electron chi connectivity index (χ1n) is 45.9. The van der Waals surface area contributed by atoms with Gasteiger partial charge in [0.25, 0.3) is 0 Å². The molecule has 11 heteroatoms. The summed E-state index contributed by atoms with van der Waals surface area (Å²) >= 11 is 0. The molecule has 8 aromatic rings. The highest BCUT2D eigenvalue weighted by Crippen LogP contribution is 2.49. The summed E-state index contributed by atoms with van der Waals surface area (Å²) in [4.78, 5) is 25.0. The fraction of sp³-hybridized carbons (Fsp3) is 0.558. The Balaban J connectivity index is 0.000000335. The second kappa shape index (κ2) is 41.8. The molecule has 0 saturated heterocycles. The molecule has 0 amide bonds. The van der Waals surface area contributed by atoms with Crippen LogP contribution in [0.2, 0.25) is 0 Å². The van der Waals surface area contributed by atoms with Crippen LogP contribution in [-0.4, -0.2) is 69.7 Å². The van der Waals surface area contributed by atoms with Crippen molar-refractivity contribution >= 4 is 11.8 Å². The van der Waals surface area contributed by atoms with Crippen LogP contribution in [0, 0.1) is 0 Å². The number of rotatable bonds is 24. The predicted octanol–water partition coefficient (Wildman–Crippen LogP) is 28.5. The normalized spacial score (nSPS) is 13.3. The Labute approximate surface area is 752 Å². The number of benzene rings is 8. The van der Waals surface area contributed by atoms with E-state index in [2.05, 4.69) is 305 Å². The van der Waals surface area contributed by atoms with Crippen LogP contribution in [0.4, 0.5) is 0 Å². The van der Waals surface area contributed by atoms with Crippen LogP contribution in [0.1, 0.15) is 402 Å². The van der Waals surface area contributed by atoms with Crippen molar-refractivity contribution < 1.29 is 52.6 Å². The Bertz CT molecular complexity index is 4420. The predicted molar refractivity (Wildman–Crippen MR) is 521 cm³/mol. The monoisotopic (exact) mass is 1700 g/mol. The number of ether oxygens (including phenoxy) is 8. The minimum atomic E-state index is -1.01. The van der Waals surface area contributed by atoms with E-state index in [0.717, 1.165) is 162 Å². The Morgan fingerprint density at radius 1 is 0.226 bits per heavy atom. The zero-order valence-corrected chi connectivity index (χ0v) is 81.3. The minimum absolute atomic E-state index is 0. The van der Waals surface area contributed by atoms with Gasteiger partial charge in [0.1, 0.15) is 52.6 Å². The largest absolute Gasteiger partial charge is 0.493 e. The first-order valence-corrected chi connectivity index (χ1v) is 45.9. The van der Waals surface area contributed by atoms with Crippen LogP contribution in [0.5, 0.6) is 46.0 Å². The Morgan fingerprint density at radius 3 is 0.435 bits per heavy atom. The molecule has 124 heavy (non-hydrogen) atoms. The molecule has 10 rings (SSSR count). The van der Waals surface area contributed by atoms with Crippen molar-refractivity contribution in [3.63, 3.8) is 0 Å². The van der Waals surface area contributed by atoms with Crippen molar-refractivity contribution in [3.05, 3.63) is 231 Å². The summed E-state index contributed by atoms with van der Waals surface area (Å²) in [5, 5.41) is 10.1. The quantitative estimate of drug-likeness (QED) is 0.0621. The molecule has 0 atom stereocenters. The molecule has 680 valence electrons. The van der Waals surface area contributed by atoms with Crippen molar-refractivity contribution in [2.75, 3.05) is 52.9 Å². The van der Waals surface area contributed by atoms with Gasteiger partial charge in [-0.3, -0.25) is 4.79 Å². The molecule has 16 bridgehead atoms. The molecule has 0 aliphatic heterocycles. The zero-order valence-electron chi connectivity index (χ0n) is 81.3. The van der Waals surface area contributed by atoms with E-state index in [9.17, 15) is 14.7 Å². The Hall–Kier alpha value is -8.70. The number of aliphatic carboxylic acids is 1. The third kappa shape index (κ3) is 26.3. The van der Waals surface area contributed by atoms with Crippen LogP contribution in [-0.2, 0) is 104 Å². The molecule has 1 N–H and O–H groups in total. The molecular weight excluding hydrogens is 1530 g/mol. The van der Waals surface area contributed by atoms with Gasteiger partial charge in [-0.15, -0.1) is 0 Å². The summed E-state index contributed by atoms with van der Waals surface area (Å²) < 4.78 is 54.6. The number of carboxylic acids is 1. The molecule has 2 aliphatic carbocycles. The molecule has 2 aliphatic rings. The van der Waals surface area contributed by atoms with Crippen LogP contribution in [0.3, 0.4) is 0 Å². The highest BCUT2D eigenvalue weighted by Gasteiger charge is 2.34. The van der Waals surface area contributed by atoms with E-state index in [1.54, 1.807) is 6.92 Å².